The monoisotopic (exact) mass is 296 g/mol. The summed E-state index contributed by atoms with van der Waals surface area (Å²) in [5.41, 5.74) is 0. The SMILES string of the molecule is [SiH3]C(Cl)(Cl)Cl.[SiH3]C(Cl)(Cl)Cl. The Hall–Kier alpha value is 2.17. The first-order valence-electron chi connectivity index (χ1n) is 2.13. The van der Waals surface area contributed by atoms with E-state index in [1.165, 1.54) is 0 Å². The first-order chi connectivity index (χ1) is 4.00. The number of halogens is 6. The number of hydrogen-bond donors (Lipinski definition) is 0. The molecule has 0 heterocycles. The van der Waals surface area contributed by atoms with Crippen LogP contribution < -0.4 is 0 Å². The summed E-state index contributed by atoms with van der Waals surface area (Å²) in [5.74, 6) is 0. The molecule has 0 saturated carbocycles. The lowest BCUT2D eigenvalue weighted by atomic mass is 11.8. The third kappa shape index (κ3) is 181. The Morgan fingerprint density at radius 2 is 0.600 bits per heavy atom. The third-order valence-corrected chi connectivity index (χ3v) is 0. The highest BCUT2D eigenvalue weighted by molar-refractivity contribution is 6.82. The molecule has 0 aliphatic heterocycles. The van der Waals surface area contributed by atoms with Gasteiger partial charge in [0.2, 0.25) is 0 Å². The van der Waals surface area contributed by atoms with Gasteiger partial charge in [-0.2, -0.15) is 0 Å². The molecule has 0 N–H and O–H groups in total. The molecule has 0 fully saturated rings. The van der Waals surface area contributed by atoms with Crippen LogP contribution in [0.15, 0.2) is 0 Å². The van der Waals surface area contributed by atoms with Gasteiger partial charge in [0.15, 0.2) is 6.83 Å². The van der Waals surface area contributed by atoms with Gasteiger partial charge in [0.05, 0.1) is 20.5 Å². The molecule has 0 bridgehead atoms. The van der Waals surface area contributed by atoms with Crippen LogP contribution in [-0.4, -0.2) is 27.3 Å². The van der Waals surface area contributed by atoms with Gasteiger partial charge in [-0.15, -0.1) is 0 Å². The van der Waals surface area contributed by atoms with Gasteiger partial charge in [-0.05, 0) is 0 Å². The van der Waals surface area contributed by atoms with Crippen molar-refractivity contribution < 1.29 is 0 Å². The Kier molecular flexibility index (Phi) is 8.45. The quantitative estimate of drug-likeness (QED) is 0.468. The van der Waals surface area contributed by atoms with Gasteiger partial charge < -0.3 is 0 Å². The fraction of sp³-hybridized carbons (Fsp3) is 1.00. The van der Waals surface area contributed by atoms with Crippen LogP contribution in [0.2, 0.25) is 0 Å². The van der Waals surface area contributed by atoms with Crippen molar-refractivity contribution in [3.8, 4) is 0 Å². The van der Waals surface area contributed by atoms with Crippen LogP contribution in [0.5, 0.6) is 0 Å². The van der Waals surface area contributed by atoms with Crippen molar-refractivity contribution >= 4 is 90.1 Å². The van der Waals surface area contributed by atoms with E-state index in [1.807, 2.05) is 0 Å². The van der Waals surface area contributed by atoms with Gasteiger partial charge in [0.1, 0.15) is 0 Å². The van der Waals surface area contributed by atoms with Crippen molar-refractivity contribution in [1.29, 1.82) is 0 Å². The molecule has 64 valence electrons. The van der Waals surface area contributed by atoms with E-state index in [-0.39, 0.29) is 0 Å². The highest BCUT2D eigenvalue weighted by Crippen LogP contribution is 2.19. The molecule has 8 heteroatoms. The summed E-state index contributed by atoms with van der Waals surface area (Å²) in [6.07, 6.45) is 0. The molecule has 0 amide bonds. The van der Waals surface area contributed by atoms with Gasteiger partial charge in [0.25, 0.3) is 0 Å². The smallest absolute Gasteiger partial charge is 0.0894 e. The van der Waals surface area contributed by atoms with E-state index in [0.717, 1.165) is 0 Å². The van der Waals surface area contributed by atoms with E-state index in [4.69, 9.17) is 69.6 Å². The highest BCUT2D eigenvalue weighted by atomic mass is 35.6. The minimum atomic E-state index is -0.944. The summed E-state index contributed by atoms with van der Waals surface area (Å²) in [4.78, 5) is 0. The standard InChI is InChI=1S/2CH3Cl3Si/c2*2-1(3,4)5/h2*5H3. The van der Waals surface area contributed by atoms with E-state index in [1.54, 1.807) is 0 Å². The van der Waals surface area contributed by atoms with Crippen molar-refractivity contribution in [2.24, 2.45) is 0 Å². The molecule has 0 atom stereocenters. The fourth-order valence-corrected chi connectivity index (χ4v) is 0. The van der Waals surface area contributed by atoms with Gasteiger partial charge >= 0.3 is 0 Å². The molecule has 0 aromatic heterocycles. The lowest BCUT2D eigenvalue weighted by Crippen LogP contribution is -1.96. The molecular formula is C2H6Cl6Si2. The fourth-order valence-electron chi connectivity index (χ4n) is 0. The first kappa shape index (κ1) is 14.7. The van der Waals surface area contributed by atoms with Crippen LogP contribution in [0.1, 0.15) is 0 Å². The summed E-state index contributed by atoms with van der Waals surface area (Å²) >= 11 is 30.7. The van der Waals surface area contributed by atoms with Crippen LogP contribution in [-0.2, 0) is 0 Å². The second-order valence-corrected chi connectivity index (χ2v) is 14.1. The lowest BCUT2D eigenvalue weighted by Gasteiger charge is -1.95. The summed E-state index contributed by atoms with van der Waals surface area (Å²) in [6, 6.07) is 0. The van der Waals surface area contributed by atoms with E-state index >= 15 is 0 Å². The molecular weight excluding hydrogens is 293 g/mol. The van der Waals surface area contributed by atoms with E-state index in [0.29, 0.717) is 20.5 Å². The van der Waals surface area contributed by atoms with Crippen molar-refractivity contribution in [3.63, 3.8) is 0 Å². The minimum Gasteiger partial charge on any atom is -0.0894 e. The molecule has 0 aliphatic carbocycles. The summed E-state index contributed by atoms with van der Waals surface area (Å²) in [6.45, 7) is 0. The Morgan fingerprint density at radius 3 is 0.600 bits per heavy atom. The molecule has 0 unspecified atom stereocenters. The number of hydrogen-bond acceptors (Lipinski definition) is 0. The second kappa shape index (κ2) is 5.76. The van der Waals surface area contributed by atoms with E-state index in [9.17, 15) is 0 Å². The average Bonchev–Trinajstić information content (AvgIpc) is 1.12. The predicted molar refractivity (Wildman–Crippen MR) is 60.5 cm³/mol. The van der Waals surface area contributed by atoms with Gasteiger partial charge in [0, 0.05) is 0 Å². The molecule has 0 nitrogen and oxygen atoms in total. The van der Waals surface area contributed by atoms with Gasteiger partial charge in [-0.3, -0.25) is 0 Å². The molecule has 0 aromatic carbocycles. The maximum absolute atomic E-state index is 5.12. The molecule has 0 rings (SSSR count). The maximum atomic E-state index is 5.12. The Bertz CT molecular complexity index is 56.7. The summed E-state index contributed by atoms with van der Waals surface area (Å²) in [7, 11) is 1.21. The predicted octanol–water partition coefficient (Wildman–Crippen LogP) is 1.36. The van der Waals surface area contributed by atoms with Crippen molar-refractivity contribution in [2.45, 2.75) is 6.83 Å². The van der Waals surface area contributed by atoms with Crippen LogP contribution in [0, 0.1) is 0 Å². The van der Waals surface area contributed by atoms with Crippen molar-refractivity contribution in [3.05, 3.63) is 0 Å². The molecule has 0 radical (unpaired) electrons. The zero-order valence-corrected chi connectivity index (χ0v) is 13.8. The minimum absolute atomic E-state index is 0.604. The molecule has 0 aromatic rings. The van der Waals surface area contributed by atoms with Gasteiger partial charge in [-0.1, -0.05) is 69.6 Å². The van der Waals surface area contributed by atoms with Crippen molar-refractivity contribution in [2.75, 3.05) is 0 Å². The largest absolute Gasteiger partial charge is 0.166 e. The molecule has 0 aliphatic rings. The Morgan fingerprint density at radius 1 is 0.600 bits per heavy atom. The van der Waals surface area contributed by atoms with Crippen LogP contribution in [0.3, 0.4) is 0 Å². The zero-order chi connectivity index (χ0) is 9.00. The molecule has 0 saturated heterocycles. The summed E-state index contributed by atoms with van der Waals surface area (Å²) < 4.78 is -1.89. The average molecular weight is 299 g/mol. The normalized spacial score (nSPS) is 12.6. The maximum Gasteiger partial charge on any atom is 0.166 e. The van der Waals surface area contributed by atoms with Gasteiger partial charge in [-0.25, -0.2) is 0 Å². The summed E-state index contributed by atoms with van der Waals surface area (Å²) in [5, 5.41) is 0. The van der Waals surface area contributed by atoms with E-state index < -0.39 is 6.83 Å². The van der Waals surface area contributed by atoms with Crippen LogP contribution >= 0.6 is 69.6 Å². The Balaban J connectivity index is 0. The Labute approximate surface area is 96.3 Å². The molecule has 0 spiro atoms. The first-order valence-corrected chi connectivity index (χ1v) is 6.40. The topological polar surface area (TPSA) is 0 Å². The number of rotatable bonds is 0. The van der Waals surface area contributed by atoms with E-state index in [2.05, 4.69) is 0 Å². The zero-order valence-electron chi connectivity index (χ0n) is 5.27. The van der Waals surface area contributed by atoms with Crippen molar-refractivity contribution in [1.82, 2.24) is 0 Å². The number of alkyl halides is 6. The highest BCUT2D eigenvalue weighted by Gasteiger charge is 2.07. The third-order valence-electron chi connectivity index (χ3n) is 0. The molecule has 10 heavy (non-hydrogen) atoms. The van der Waals surface area contributed by atoms with Crippen LogP contribution in [0.25, 0.3) is 0 Å². The van der Waals surface area contributed by atoms with Crippen LogP contribution in [0.4, 0.5) is 0 Å². The second-order valence-electron chi connectivity index (χ2n) is 1.56. The lowest BCUT2D eigenvalue weighted by molar-refractivity contribution is 1.75.